The number of rotatable bonds is 1. The molecule has 1 aliphatic rings. The van der Waals surface area contributed by atoms with Gasteiger partial charge in [0.2, 0.25) is 0 Å². The van der Waals surface area contributed by atoms with Crippen LogP contribution in [0.15, 0.2) is 10.1 Å². The average Bonchev–Trinajstić information content (AvgIpc) is 1.95. The van der Waals surface area contributed by atoms with Gasteiger partial charge >= 0.3 is 0 Å². The Morgan fingerprint density at radius 1 is 1.60 bits per heavy atom. The average molecular weight is 204 g/mol. The van der Waals surface area contributed by atoms with Gasteiger partial charge in [-0.25, -0.2) is 0 Å². The molecular weight excluding hydrogens is 190 g/mol. The molecule has 0 aliphatic carbocycles. The maximum absolute atomic E-state index is 3.57. The third-order valence-corrected chi connectivity index (χ3v) is 3.00. The molecule has 0 saturated heterocycles. The minimum Gasteiger partial charge on any atom is -0.299 e. The van der Waals surface area contributed by atoms with E-state index in [1.54, 1.807) is 0 Å². The molecule has 0 unspecified atom stereocenters. The molecule has 0 saturated carbocycles. The summed E-state index contributed by atoms with van der Waals surface area (Å²) in [5.74, 6) is 0. The van der Waals surface area contributed by atoms with Crippen molar-refractivity contribution in [2.45, 2.75) is 20.3 Å². The molecule has 58 valence electrons. The molecule has 2 heteroatoms. The lowest BCUT2D eigenvalue weighted by Crippen LogP contribution is -2.29. The van der Waals surface area contributed by atoms with Crippen LogP contribution in [0.5, 0.6) is 0 Å². The highest BCUT2D eigenvalue weighted by Gasteiger charge is 2.11. The fourth-order valence-electron chi connectivity index (χ4n) is 1.14. The van der Waals surface area contributed by atoms with Crippen LogP contribution in [-0.4, -0.2) is 24.5 Å². The summed E-state index contributed by atoms with van der Waals surface area (Å²) in [4.78, 5) is 2.44. The number of hydrogen-bond acceptors (Lipinski definition) is 1. The molecular formula is C8H14BrN. The van der Waals surface area contributed by atoms with Crippen molar-refractivity contribution < 1.29 is 0 Å². The first-order valence-corrected chi connectivity index (χ1v) is 4.59. The monoisotopic (exact) mass is 203 g/mol. The zero-order valence-electron chi connectivity index (χ0n) is 6.65. The first-order chi connectivity index (χ1) is 4.74. The Balaban J connectivity index is 2.54. The van der Waals surface area contributed by atoms with Crippen LogP contribution in [0, 0.1) is 0 Å². The second kappa shape index (κ2) is 3.54. The summed E-state index contributed by atoms with van der Waals surface area (Å²) < 4.78 is 1.39. The molecule has 10 heavy (non-hydrogen) atoms. The molecule has 1 heterocycles. The first-order valence-electron chi connectivity index (χ1n) is 3.80. The van der Waals surface area contributed by atoms with Crippen LogP contribution in [0.25, 0.3) is 0 Å². The molecule has 1 nitrogen and oxygen atoms in total. The topological polar surface area (TPSA) is 3.24 Å². The summed E-state index contributed by atoms with van der Waals surface area (Å²) in [6.07, 6.45) is 1.23. The SMILES string of the molecule is CCN1CCC(C)=C(Br)C1. The van der Waals surface area contributed by atoms with Gasteiger partial charge in [-0.1, -0.05) is 28.4 Å². The summed E-state index contributed by atoms with van der Waals surface area (Å²) in [7, 11) is 0. The van der Waals surface area contributed by atoms with Gasteiger partial charge in [0.15, 0.2) is 0 Å². The molecule has 1 rings (SSSR count). The van der Waals surface area contributed by atoms with Crippen molar-refractivity contribution in [1.29, 1.82) is 0 Å². The van der Waals surface area contributed by atoms with Crippen molar-refractivity contribution in [3.05, 3.63) is 10.1 Å². The highest BCUT2D eigenvalue weighted by Crippen LogP contribution is 2.21. The highest BCUT2D eigenvalue weighted by atomic mass is 79.9. The predicted octanol–water partition coefficient (Wildman–Crippen LogP) is 2.38. The Kier molecular flexibility index (Phi) is 2.93. The minimum absolute atomic E-state index is 1.11. The van der Waals surface area contributed by atoms with Gasteiger partial charge < -0.3 is 0 Å². The maximum Gasteiger partial charge on any atom is 0.0299 e. The van der Waals surface area contributed by atoms with Gasteiger partial charge in [-0.05, 0) is 19.9 Å². The zero-order chi connectivity index (χ0) is 7.56. The Morgan fingerprint density at radius 2 is 2.30 bits per heavy atom. The van der Waals surface area contributed by atoms with E-state index in [0.29, 0.717) is 0 Å². The van der Waals surface area contributed by atoms with Crippen molar-refractivity contribution >= 4 is 15.9 Å². The van der Waals surface area contributed by atoms with E-state index in [1.807, 2.05) is 0 Å². The van der Waals surface area contributed by atoms with E-state index in [1.165, 1.54) is 29.6 Å². The van der Waals surface area contributed by atoms with Crippen LogP contribution in [-0.2, 0) is 0 Å². The van der Waals surface area contributed by atoms with Gasteiger partial charge in [0, 0.05) is 17.6 Å². The fraction of sp³-hybridized carbons (Fsp3) is 0.750. The predicted molar refractivity (Wildman–Crippen MR) is 48.4 cm³/mol. The smallest absolute Gasteiger partial charge is 0.0299 e. The maximum atomic E-state index is 3.57. The molecule has 0 aromatic carbocycles. The second-order valence-electron chi connectivity index (χ2n) is 2.80. The number of nitrogens with zero attached hydrogens (tertiary/aromatic N) is 1. The summed E-state index contributed by atoms with van der Waals surface area (Å²) in [5.41, 5.74) is 1.52. The molecule has 0 aromatic heterocycles. The molecule has 0 bridgehead atoms. The highest BCUT2D eigenvalue weighted by molar-refractivity contribution is 9.11. The van der Waals surface area contributed by atoms with Crippen molar-refractivity contribution in [2.75, 3.05) is 19.6 Å². The van der Waals surface area contributed by atoms with Crippen LogP contribution >= 0.6 is 15.9 Å². The van der Waals surface area contributed by atoms with Crippen molar-refractivity contribution in [1.82, 2.24) is 4.90 Å². The minimum atomic E-state index is 1.11. The molecule has 0 N–H and O–H groups in total. The zero-order valence-corrected chi connectivity index (χ0v) is 8.24. The Hall–Kier alpha value is 0.180. The van der Waals surface area contributed by atoms with Crippen LogP contribution in [0.1, 0.15) is 20.3 Å². The fourth-order valence-corrected chi connectivity index (χ4v) is 1.69. The van der Waals surface area contributed by atoms with E-state index < -0.39 is 0 Å². The summed E-state index contributed by atoms with van der Waals surface area (Å²) >= 11 is 3.57. The number of likely N-dealkylation sites (N-methyl/N-ethyl adjacent to an activating group) is 1. The Labute approximate surface area is 71.2 Å². The summed E-state index contributed by atoms with van der Waals surface area (Å²) in [5, 5.41) is 0. The lowest BCUT2D eigenvalue weighted by Gasteiger charge is -2.25. The molecule has 0 spiro atoms. The summed E-state index contributed by atoms with van der Waals surface area (Å²) in [6, 6.07) is 0. The normalized spacial score (nSPS) is 21.9. The summed E-state index contributed by atoms with van der Waals surface area (Å²) in [6.45, 7) is 7.93. The number of halogens is 1. The quantitative estimate of drug-likeness (QED) is 0.633. The van der Waals surface area contributed by atoms with Crippen LogP contribution in [0.3, 0.4) is 0 Å². The van der Waals surface area contributed by atoms with E-state index in [0.717, 1.165) is 6.54 Å². The van der Waals surface area contributed by atoms with E-state index in [4.69, 9.17) is 0 Å². The lowest BCUT2D eigenvalue weighted by molar-refractivity contribution is 0.308. The second-order valence-corrected chi connectivity index (χ2v) is 3.76. The van der Waals surface area contributed by atoms with Gasteiger partial charge in [0.1, 0.15) is 0 Å². The molecule has 0 atom stereocenters. The van der Waals surface area contributed by atoms with Gasteiger partial charge in [0.25, 0.3) is 0 Å². The molecule has 0 amide bonds. The van der Waals surface area contributed by atoms with Gasteiger partial charge in [-0.15, -0.1) is 0 Å². The Morgan fingerprint density at radius 3 is 2.80 bits per heavy atom. The van der Waals surface area contributed by atoms with E-state index in [9.17, 15) is 0 Å². The van der Waals surface area contributed by atoms with E-state index in [-0.39, 0.29) is 0 Å². The van der Waals surface area contributed by atoms with Crippen LogP contribution in [0.4, 0.5) is 0 Å². The number of hydrogen-bond donors (Lipinski definition) is 0. The van der Waals surface area contributed by atoms with Gasteiger partial charge in [-0.2, -0.15) is 0 Å². The van der Waals surface area contributed by atoms with Gasteiger partial charge in [0.05, 0.1) is 0 Å². The van der Waals surface area contributed by atoms with Crippen LogP contribution in [0.2, 0.25) is 0 Å². The molecule has 0 fully saturated rings. The van der Waals surface area contributed by atoms with Gasteiger partial charge in [-0.3, -0.25) is 4.90 Å². The molecule has 1 aliphatic heterocycles. The van der Waals surface area contributed by atoms with E-state index in [2.05, 4.69) is 34.7 Å². The standard InChI is InChI=1S/C8H14BrN/c1-3-10-5-4-7(2)8(9)6-10/h3-6H2,1-2H3. The third kappa shape index (κ3) is 1.83. The molecule has 0 aromatic rings. The van der Waals surface area contributed by atoms with Crippen molar-refractivity contribution in [2.24, 2.45) is 0 Å². The third-order valence-electron chi connectivity index (χ3n) is 2.08. The van der Waals surface area contributed by atoms with E-state index >= 15 is 0 Å². The van der Waals surface area contributed by atoms with Crippen molar-refractivity contribution in [3.63, 3.8) is 0 Å². The Bertz CT molecular complexity index is 151. The molecule has 0 radical (unpaired) electrons. The largest absolute Gasteiger partial charge is 0.299 e. The van der Waals surface area contributed by atoms with Crippen molar-refractivity contribution in [3.8, 4) is 0 Å². The first kappa shape index (κ1) is 8.28. The lowest BCUT2D eigenvalue weighted by atomic mass is 10.1. The van der Waals surface area contributed by atoms with Crippen LogP contribution < -0.4 is 0 Å².